The van der Waals surface area contributed by atoms with Crippen molar-refractivity contribution in [2.75, 3.05) is 0 Å². The molecule has 0 aromatic heterocycles. The maximum Gasteiger partial charge on any atom is 0.125 e. The molecule has 0 aliphatic carbocycles. The van der Waals surface area contributed by atoms with Crippen molar-refractivity contribution in [1.29, 1.82) is 0 Å². The van der Waals surface area contributed by atoms with E-state index in [0.717, 1.165) is 10.8 Å². The lowest BCUT2D eigenvalue weighted by molar-refractivity contribution is 0.460. The van der Waals surface area contributed by atoms with E-state index in [9.17, 15) is 13.0 Å². The van der Waals surface area contributed by atoms with E-state index < -0.39 is 10.1 Å². The molecule has 4 heteroatoms. The van der Waals surface area contributed by atoms with E-state index in [1.165, 1.54) is 5.56 Å². The Balaban J connectivity index is 3.14. The highest BCUT2D eigenvalue weighted by atomic mass is 32.2. The molecule has 0 aliphatic heterocycles. The smallest absolute Gasteiger partial charge is 0.125 e. The zero-order valence-electron chi connectivity index (χ0n) is 15.6. The molecule has 2 aromatic carbocycles. The van der Waals surface area contributed by atoms with Crippen molar-refractivity contribution in [3.05, 3.63) is 41.0 Å². The van der Waals surface area contributed by atoms with Crippen molar-refractivity contribution in [2.24, 2.45) is 0 Å². The van der Waals surface area contributed by atoms with Gasteiger partial charge in [0.15, 0.2) is 0 Å². The van der Waals surface area contributed by atoms with Crippen LogP contribution in [0.2, 0.25) is 0 Å². The number of hydrogen-bond acceptors (Lipinski definition) is 3. The molecule has 0 amide bonds. The van der Waals surface area contributed by atoms with E-state index in [1.807, 2.05) is 45.9 Å². The van der Waals surface area contributed by atoms with E-state index in [2.05, 4.69) is 26.8 Å². The lowest BCUT2D eigenvalue weighted by Gasteiger charge is -2.27. The molecule has 0 bridgehead atoms. The van der Waals surface area contributed by atoms with Gasteiger partial charge in [0, 0.05) is 0 Å². The maximum absolute atomic E-state index is 12.1. The molecule has 0 radical (unpaired) electrons. The fourth-order valence-corrected chi connectivity index (χ4v) is 4.59. The highest BCUT2D eigenvalue weighted by molar-refractivity contribution is 7.85. The normalized spacial score (nSPS) is 13.2. The Bertz CT molecular complexity index is 870. The van der Waals surface area contributed by atoms with Gasteiger partial charge in [-0.25, -0.2) is 8.42 Å². The Morgan fingerprint density at radius 3 is 1.96 bits per heavy atom. The van der Waals surface area contributed by atoms with Crippen LogP contribution >= 0.6 is 0 Å². The summed E-state index contributed by atoms with van der Waals surface area (Å²) in [4.78, 5) is -0.0222. The van der Waals surface area contributed by atoms with Crippen LogP contribution in [0.25, 0.3) is 10.8 Å². The molecule has 0 spiro atoms. The van der Waals surface area contributed by atoms with E-state index >= 15 is 0 Å². The number of rotatable bonds is 3. The van der Waals surface area contributed by atoms with Gasteiger partial charge in [-0.3, -0.25) is 0 Å². The predicted octanol–water partition coefficient (Wildman–Crippen LogP) is 5.29. The first-order valence-corrected chi connectivity index (χ1v) is 9.82. The van der Waals surface area contributed by atoms with Gasteiger partial charge in [-0.05, 0) is 50.8 Å². The summed E-state index contributed by atoms with van der Waals surface area (Å²) < 4.78 is 36.2. The van der Waals surface area contributed by atoms with Crippen molar-refractivity contribution in [1.82, 2.24) is 0 Å². The molecule has 0 fully saturated rings. The Morgan fingerprint density at radius 1 is 0.958 bits per heavy atom. The number of fused-ring (bicyclic) bond motifs is 1. The molecule has 0 atom stereocenters. The molecule has 0 N–H and O–H groups in total. The van der Waals surface area contributed by atoms with Crippen molar-refractivity contribution in [3.8, 4) is 0 Å². The molecule has 24 heavy (non-hydrogen) atoms. The van der Waals surface area contributed by atoms with Gasteiger partial charge in [0.25, 0.3) is 0 Å². The third-order valence-electron chi connectivity index (χ3n) is 4.46. The Morgan fingerprint density at radius 2 is 1.54 bits per heavy atom. The summed E-state index contributed by atoms with van der Waals surface area (Å²) in [5.41, 5.74) is 2.37. The second-order valence-corrected chi connectivity index (χ2v) is 9.44. The van der Waals surface area contributed by atoms with Crippen LogP contribution in [-0.2, 0) is 15.5 Å². The van der Waals surface area contributed by atoms with Crippen molar-refractivity contribution < 1.29 is 13.0 Å². The molecule has 3 nitrogen and oxygen atoms in total. The van der Waals surface area contributed by atoms with Gasteiger partial charge in [-0.15, -0.1) is 0 Å². The summed E-state index contributed by atoms with van der Waals surface area (Å²) in [6.07, 6.45) is 0. The zero-order chi connectivity index (χ0) is 18.4. The quantitative estimate of drug-likeness (QED) is 0.709. The molecule has 0 saturated carbocycles. The second kappa shape index (κ2) is 6.16. The minimum Gasteiger partial charge on any atom is -0.744 e. The average Bonchev–Trinajstić information content (AvgIpc) is 2.41. The van der Waals surface area contributed by atoms with Gasteiger partial charge in [-0.1, -0.05) is 66.7 Å². The molecule has 0 saturated heterocycles. The molecule has 0 unspecified atom stereocenters. The van der Waals surface area contributed by atoms with Crippen LogP contribution in [0.4, 0.5) is 0 Å². The first kappa shape index (κ1) is 18.9. The number of hydrogen-bond donors (Lipinski definition) is 0. The van der Waals surface area contributed by atoms with E-state index in [0.29, 0.717) is 11.1 Å². The van der Waals surface area contributed by atoms with Gasteiger partial charge in [0.05, 0.1) is 4.90 Å². The van der Waals surface area contributed by atoms with Crippen LogP contribution < -0.4 is 0 Å². The van der Waals surface area contributed by atoms with Crippen molar-refractivity contribution >= 4 is 20.9 Å². The van der Waals surface area contributed by atoms with Gasteiger partial charge in [0.1, 0.15) is 10.1 Å². The Kier molecular flexibility index (Phi) is 4.86. The summed E-state index contributed by atoms with van der Waals surface area (Å²) in [6.45, 7) is 14.2. The second-order valence-electron chi connectivity index (χ2n) is 8.12. The van der Waals surface area contributed by atoms with Crippen LogP contribution in [0.1, 0.15) is 77.0 Å². The molecular weight excluding hydrogens is 320 g/mol. The van der Waals surface area contributed by atoms with E-state index in [4.69, 9.17) is 0 Å². The van der Waals surface area contributed by atoms with Crippen LogP contribution in [-0.4, -0.2) is 13.0 Å². The number of benzene rings is 2. The van der Waals surface area contributed by atoms with Crippen LogP contribution in [0.5, 0.6) is 0 Å². The summed E-state index contributed by atoms with van der Waals surface area (Å²) in [5.74, 6) is -0.0983. The lowest BCUT2D eigenvalue weighted by Crippen LogP contribution is -2.15. The van der Waals surface area contributed by atoms with Gasteiger partial charge in [-0.2, -0.15) is 0 Å². The minimum atomic E-state index is -4.54. The molecule has 132 valence electrons. The van der Waals surface area contributed by atoms with Crippen LogP contribution in [0.3, 0.4) is 0 Å². The summed E-state index contributed by atoms with van der Waals surface area (Å²) >= 11 is 0. The first-order valence-electron chi connectivity index (χ1n) is 8.41. The van der Waals surface area contributed by atoms with Gasteiger partial charge in [0.2, 0.25) is 0 Å². The fraction of sp³-hybridized carbons (Fsp3) is 0.500. The molecule has 2 aromatic rings. The minimum absolute atomic E-state index is 0.0222. The van der Waals surface area contributed by atoms with Crippen molar-refractivity contribution in [2.45, 2.75) is 70.6 Å². The first-order chi connectivity index (χ1) is 10.9. The Labute approximate surface area is 145 Å². The molecule has 0 aliphatic rings. The van der Waals surface area contributed by atoms with Gasteiger partial charge < -0.3 is 4.55 Å². The molecule has 0 heterocycles. The SMILES string of the molecule is CC(C)c1cc2c(C(C)(C)C)cccc2c(C(C)C)c1S(=O)(=O)[O-]. The Hall–Kier alpha value is -1.39. The summed E-state index contributed by atoms with van der Waals surface area (Å²) in [5, 5.41) is 1.92. The standard InChI is InChI=1S/C20H28O3S/c1-12(2)15-11-16-14(9-8-10-17(16)20(5,6)7)18(13(3)4)19(15)24(21,22)23/h8-13H,1-7H3,(H,21,22,23)/p-1. The van der Waals surface area contributed by atoms with Crippen molar-refractivity contribution in [3.63, 3.8) is 0 Å². The maximum atomic E-state index is 12.1. The zero-order valence-corrected chi connectivity index (χ0v) is 16.4. The average molecular weight is 348 g/mol. The third kappa shape index (κ3) is 3.35. The predicted molar refractivity (Wildman–Crippen MR) is 98.8 cm³/mol. The highest BCUT2D eigenvalue weighted by Gasteiger charge is 2.25. The largest absolute Gasteiger partial charge is 0.744 e. The monoisotopic (exact) mass is 347 g/mol. The highest BCUT2D eigenvalue weighted by Crippen LogP contribution is 2.40. The molecule has 2 rings (SSSR count). The van der Waals surface area contributed by atoms with E-state index in [1.54, 1.807) is 0 Å². The topological polar surface area (TPSA) is 57.2 Å². The van der Waals surface area contributed by atoms with E-state index in [-0.39, 0.29) is 22.1 Å². The summed E-state index contributed by atoms with van der Waals surface area (Å²) in [7, 11) is -4.54. The van der Waals surface area contributed by atoms with Crippen LogP contribution in [0, 0.1) is 0 Å². The third-order valence-corrected chi connectivity index (χ3v) is 5.42. The van der Waals surface area contributed by atoms with Crippen LogP contribution in [0.15, 0.2) is 29.2 Å². The van der Waals surface area contributed by atoms with Gasteiger partial charge >= 0.3 is 0 Å². The molecular formula is C20H27O3S-. The fourth-order valence-electron chi connectivity index (χ4n) is 3.39. The summed E-state index contributed by atoms with van der Waals surface area (Å²) in [6, 6.07) is 7.88. The lowest BCUT2D eigenvalue weighted by atomic mass is 9.80.